The molecule has 0 aliphatic heterocycles. The summed E-state index contributed by atoms with van der Waals surface area (Å²) in [6, 6.07) is 7.46. The van der Waals surface area contributed by atoms with Crippen LogP contribution in [0.2, 0.25) is 18.7 Å². The van der Waals surface area contributed by atoms with Gasteiger partial charge in [0.05, 0.1) is 8.67 Å². The lowest BCUT2D eigenvalue weighted by Gasteiger charge is -2.16. The molecule has 1 unspecified atom stereocenters. The molecule has 102 valence electrons. The second kappa shape index (κ2) is 6.66. The fraction of sp³-hybridized carbons (Fsp3) is 0.231. The van der Waals surface area contributed by atoms with E-state index in [9.17, 15) is 0 Å². The largest absolute Gasteiger partial charge is 0.313 e. The van der Waals surface area contributed by atoms with Crippen molar-refractivity contribution in [2.45, 2.75) is 12.5 Å². The number of benzene rings is 1. The molecule has 1 N–H and O–H groups in total. The van der Waals surface area contributed by atoms with Gasteiger partial charge in [-0.1, -0.05) is 52.5 Å². The molecular weight excluding hydrogens is 344 g/mol. The van der Waals surface area contributed by atoms with Gasteiger partial charge in [-0.05, 0) is 37.2 Å². The fourth-order valence-corrected chi connectivity index (χ4v) is 3.93. The molecule has 0 bridgehead atoms. The van der Waals surface area contributed by atoms with Gasteiger partial charge >= 0.3 is 0 Å². The van der Waals surface area contributed by atoms with Crippen LogP contribution in [0, 0.1) is 0 Å². The van der Waals surface area contributed by atoms with E-state index >= 15 is 0 Å². The van der Waals surface area contributed by atoms with Crippen molar-refractivity contribution in [1.29, 1.82) is 0 Å². The minimum Gasteiger partial charge on any atom is -0.313 e. The van der Waals surface area contributed by atoms with Gasteiger partial charge in [0.15, 0.2) is 0 Å². The Morgan fingerprint density at radius 1 is 1.16 bits per heavy atom. The van der Waals surface area contributed by atoms with Crippen molar-refractivity contribution in [3.8, 4) is 0 Å². The third kappa shape index (κ3) is 3.78. The topological polar surface area (TPSA) is 12.0 Å². The highest BCUT2D eigenvalue weighted by Crippen LogP contribution is 2.36. The lowest BCUT2D eigenvalue weighted by Crippen LogP contribution is -2.18. The smallest absolute Gasteiger partial charge is 0.0992 e. The van der Waals surface area contributed by atoms with Crippen LogP contribution in [0.3, 0.4) is 0 Å². The monoisotopic (exact) mass is 353 g/mol. The number of hydrogen-bond acceptors (Lipinski definition) is 2. The average molecular weight is 355 g/mol. The van der Waals surface area contributed by atoms with Crippen molar-refractivity contribution in [2.75, 3.05) is 7.05 Å². The summed E-state index contributed by atoms with van der Waals surface area (Å²) in [5.74, 6) is 0. The normalized spacial score (nSPS) is 12.7. The summed E-state index contributed by atoms with van der Waals surface area (Å²) in [6.45, 7) is 0. The van der Waals surface area contributed by atoms with Crippen molar-refractivity contribution < 1.29 is 0 Å². The Hall–Kier alpha value is 0.0400. The zero-order valence-electron chi connectivity index (χ0n) is 10.0. The third-order valence-corrected chi connectivity index (χ3v) is 4.95. The van der Waals surface area contributed by atoms with E-state index in [1.54, 1.807) is 6.07 Å². The van der Waals surface area contributed by atoms with Crippen LogP contribution in [0.25, 0.3) is 0 Å². The number of nitrogens with one attached hydrogen (secondary N) is 1. The SMILES string of the molecule is CNC(Cc1ccc(Cl)cc1Cl)c1cc(Cl)sc1Cl. The zero-order valence-corrected chi connectivity index (χ0v) is 13.9. The average Bonchev–Trinajstić information content (AvgIpc) is 2.68. The van der Waals surface area contributed by atoms with E-state index in [0.29, 0.717) is 18.7 Å². The number of halogens is 4. The van der Waals surface area contributed by atoms with Crippen molar-refractivity contribution >= 4 is 57.7 Å². The van der Waals surface area contributed by atoms with E-state index in [1.807, 2.05) is 25.2 Å². The predicted molar refractivity (Wildman–Crippen MR) is 86.3 cm³/mol. The molecule has 1 atom stereocenters. The Kier molecular flexibility index (Phi) is 5.41. The second-order valence-corrected chi connectivity index (χ2v) is 7.19. The van der Waals surface area contributed by atoms with E-state index in [-0.39, 0.29) is 6.04 Å². The highest BCUT2D eigenvalue weighted by molar-refractivity contribution is 7.20. The van der Waals surface area contributed by atoms with E-state index in [4.69, 9.17) is 46.4 Å². The molecule has 0 aliphatic carbocycles. The van der Waals surface area contributed by atoms with Crippen molar-refractivity contribution in [1.82, 2.24) is 5.32 Å². The van der Waals surface area contributed by atoms with Gasteiger partial charge in [-0.3, -0.25) is 0 Å². The maximum atomic E-state index is 6.19. The lowest BCUT2D eigenvalue weighted by molar-refractivity contribution is 0.594. The van der Waals surface area contributed by atoms with Gasteiger partial charge in [-0.25, -0.2) is 0 Å². The van der Waals surface area contributed by atoms with Gasteiger partial charge in [-0.15, -0.1) is 11.3 Å². The summed E-state index contributed by atoms with van der Waals surface area (Å²) in [5.41, 5.74) is 2.01. The van der Waals surface area contributed by atoms with Gasteiger partial charge in [-0.2, -0.15) is 0 Å². The summed E-state index contributed by atoms with van der Waals surface area (Å²) < 4.78 is 1.39. The molecule has 1 aromatic heterocycles. The minimum atomic E-state index is 0.0647. The van der Waals surface area contributed by atoms with Crippen LogP contribution in [-0.2, 0) is 6.42 Å². The predicted octanol–water partition coefficient (Wildman–Crippen LogP) is 5.86. The number of rotatable bonds is 4. The van der Waals surface area contributed by atoms with Gasteiger partial charge in [0.1, 0.15) is 0 Å². The van der Waals surface area contributed by atoms with E-state index in [2.05, 4.69) is 5.32 Å². The lowest BCUT2D eigenvalue weighted by atomic mass is 10.0. The molecule has 0 saturated carbocycles. The van der Waals surface area contributed by atoms with Crippen LogP contribution in [0.4, 0.5) is 0 Å². The van der Waals surface area contributed by atoms with Crippen LogP contribution in [0.1, 0.15) is 17.2 Å². The van der Waals surface area contributed by atoms with Crippen LogP contribution in [0.5, 0.6) is 0 Å². The standard InChI is InChI=1S/C13H11Cl4NS/c1-18-11(9-6-12(16)19-13(9)17)4-7-2-3-8(14)5-10(7)15/h2-3,5-6,11,18H,4H2,1H3. The van der Waals surface area contributed by atoms with Crippen molar-refractivity contribution in [3.05, 3.63) is 54.1 Å². The maximum Gasteiger partial charge on any atom is 0.0992 e. The van der Waals surface area contributed by atoms with Gasteiger partial charge in [0, 0.05) is 21.7 Å². The summed E-state index contributed by atoms with van der Waals surface area (Å²) in [4.78, 5) is 0. The quantitative estimate of drug-likeness (QED) is 0.724. The molecule has 1 heterocycles. The molecule has 0 radical (unpaired) electrons. The van der Waals surface area contributed by atoms with E-state index in [1.165, 1.54) is 11.3 Å². The zero-order chi connectivity index (χ0) is 14.0. The maximum absolute atomic E-state index is 6.19. The molecule has 1 nitrogen and oxygen atoms in total. The van der Waals surface area contributed by atoms with E-state index in [0.717, 1.165) is 17.5 Å². The van der Waals surface area contributed by atoms with E-state index < -0.39 is 0 Å². The first-order valence-electron chi connectivity index (χ1n) is 5.57. The van der Waals surface area contributed by atoms with Crippen molar-refractivity contribution in [2.24, 2.45) is 0 Å². The summed E-state index contributed by atoms with van der Waals surface area (Å²) >= 11 is 25.6. The first kappa shape index (κ1) is 15.4. The van der Waals surface area contributed by atoms with Crippen molar-refractivity contribution in [3.63, 3.8) is 0 Å². The minimum absolute atomic E-state index is 0.0647. The Morgan fingerprint density at radius 3 is 2.42 bits per heavy atom. The highest BCUT2D eigenvalue weighted by atomic mass is 35.5. The third-order valence-electron chi connectivity index (χ3n) is 2.85. The Bertz CT molecular complexity index is 582. The molecule has 19 heavy (non-hydrogen) atoms. The highest BCUT2D eigenvalue weighted by Gasteiger charge is 2.17. The Balaban J connectivity index is 2.26. The molecule has 0 spiro atoms. The molecule has 0 aliphatic rings. The van der Waals surface area contributed by atoms with Gasteiger partial charge in [0.25, 0.3) is 0 Å². The molecule has 1 aromatic carbocycles. The van der Waals surface area contributed by atoms with Crippen LogP contribution < -0.4 is 5.32 Å². The molecular formula is C13H11Cl4NS. The molecule has 0 fully saturated rings. The first-order chi connectivity index (χ1) is 9.01. The fourth-order valence-electron chi connectivity index (χ4n) is 1.87. The number of likely N-dealkylation sites (N-methyl/N-ethyl adjacent to an activating group) is 1. The summed E-state index contributed by atoms with van der Waals surface area (Å²) in [5, 5.41) is 4.52. The Labute approximate surface area is 136 Å². The molecule has 0 amide bonds. The molecule has 6 heteroatoms. The number of hydrogen-bond donors (Lipinski definition) is 1. The Morgan fingerprint density at radius 2 is 1.89 bits per heavy atom. The van der Waals surface area contributed by atoms with Crippen LogP contribution >= 0.6 is 57.7 Å². The van der Waals surface area contributed by atoms with Gasteiger partial charge in [0.2, 0.25) is 0 Å². The molecule has 0 saturated heterocycles. The van der Waals surface area contributed by atoms with Gasteiger partial charge < -0.3 is 5.32 Å². The van der Waals surface area contributed by atoms with Crippen LogP contribution in [0.15, 0.2) is 24.3 Å². The second-order valence-electron chi connectivity index (χ2n) is 4.06. The summed E-state index contributed by atoms with van der Waals surface area (Å²) in [6.07, 6.45) is 0.722. The molecule has 2 rings (SSSR count). The van der Waals surface area contributed by atoms with Crippen LogP contribution in [-0.4, -0.2) is 7.05 Å². The first-order valence-corrected chi connectivity index (χ1v) is 7.90. The molecule has 2 aromatic rings. The number of thiophene rings is 1. The summed E-state index contributed by atoms with van der Waals surface area (Å²) in [7, 11) is 1.89.